The molecular formula is C21H25NO6. The highest BCUT2D eigenvalue weighted by atomic mass is 16.5. The van der Waals surface area contributed by atoms with Crippen LogP contribution < -0.4 is 9.47 Å². The van der Waals surface area contributed by atoms with E-state index in [0.29, 0.717) is 34.9 Å². The molecule has 0 spiro atoms. The maximum absolute atomic E-state index is 12.7. The minimum atomic E-state index is -1.03. The summed E-state index contributed by atoms with van der Waals surface area (Å²) >= 11 is 0. The second-order valence-corrected chi connectivity index (χ2v) is 6.39. The van der Waals surface area contributed by atoms with Crippen LogP contribution in [0.25, 0.3) is 0 Å². The Hall–Kier alpha value is -3.09. The van der Waals surface area contributed by atoms with Crippen LogP contribution in [0.15, 0.2) is 18.2 Å². The van der Waals surface area contributed by atoms with Crippen LogP contribution in [0.4, 0.5) is 0 Å². The summed E-state index contributed by atoms with van der Waals surface area (Å²) in [5.41, 5.74) is 2.16. The molecule has 0 unspecified atom stereocenters. The first-order chi connectivity index (χ1) is 13.2. The molecule has 7 nitrogen and oxygen atoms in total. The number of ether oxygens (including phenoxy) is 3. The molecule has 0 saturated heterocycles. The number of Topliss-reactive ketones (excluding diaryl/α,β-unsaturated/α-hetero) is 2. The number of aromatic nitrogens is 1. The number of benzene rings is 1. The summed E-state index contributed by atoms with van der Waals surface area (Å²) in [5, 5.41) is 0. The van der Waals surface area contributed by atoms with Crippen LogP contribution in [-0.4, -0.2) is 42.3 Å². The van der Waals surface area contributed by atoms with E-state index in [1.807, 2.05) is 6.92 Å². The minimum absolute atomic E-state index is 0.128. The monoisotopic (exact) mass is 387 g/mol. The van der Waals surface area contributed by atoms with Gasteiger partial charge in [-0.2, -0.15) is 0 Å². The topological polar surface area (TPSA) is 94.7 Å². The number of rotatable bonds is 8. The lowest BCUT2D eigenvalue weighted by atomic mass is 10.0. The van der Waals surface area contributed by atoms with Crippen molar-refractivity contribution in [1.29, 1.82) is 0 Å². The highest BCUT2D eigenvalue weighted by Crippen LogP contribution is 2.28. The number of carbonyl (C=O) groups excluding carboxylic acids is 3. The number of aryl methyl sites for hydroxylation is 1. The highest BCUT2D eigenvalue weighted by Gasteiger charge is 2.26. The minimum Gasteiger partial charge on any atom is -0.493 e. The van der Waals surface area contributed by atoms with Crippen LogP contribution in [0, 0.1) is 13.8 Å². The van der Waals surface area contributed by atoms with E-state index >= 15 is 0 Å². The zero-order valence-corrected chi connectivity index (χ0v) is 17.0. The SMILES string of the molecule is CCOc1ccc(C(=O)O[C@H](C)C(=O)c2[nH]c(C)c(C(C)=O)c2C)cc1OC. The van der Waals surface area contributed by atoms with E-state index in [0.717, 1.165) is 0 Å². The number of carbonyl (C=O) groups is 3. The van der Waals surface area contributed by atoms with Gasteiger partial charge >= 0.3 is 5.97 Å². The highest BCUT2D eigenvalue weighted by molar-refractivity contribution is 6.05. The number of hydrogen-bond acceptors (Lipinski definition) is 6. The normalized spacial score (nSPS) is 11.6. The molecule has 1 aromatic carbocycles. The molecule has 150 valence electrons. The molecule has 0 radical (unpaired) electrons. The second kappa shape index (κ2) is 8.73. The predicted octanol–water partition coefficient (Wildman–Crippen LogP) is 3.67. The van der Waals surface area contributed by atoms with E-state index in [9.17, 15) is 14.4 Å². The largest absolute Gasteiger partial charge is 0.493 e. The first-order valence-corrected chi connectivity index (χ1v) is 8.97. The first kappa shape index (κ1) is 21.2. The van der Waals surface area contributed by atoms with Crippen LogP contribution in [0.3, 0.4) is 0 Å². The van der Waals surface area contributed by atoms with Gasteiger partial charge in [0.1, 0.15) is 0 Å². The van der Waals surface area contributed by atoms with Gasteiger partial charge < -0.3 is 19.2 Å². The lowest BCUT2D eigenvalue weighted by molar-refractivity contribution is 0.0316. The summed E-state index contributed by atoms with van der Waals surface area (Å²) in [7, 11) is 1.47. The van der Waals surface area contributed by atoms with E-state index in [-0.39, 0.29) is 17.0 Å². The number of aromatic amines is 1. The van der Waals surface area contributed by atoms with Crippen molar-refractivity contribution >= 4 is 17.5 Å². The molecule has 1 aromatic heterocycles. The third kappa shape index (κ3) is 4.24. The molecule has 0 fully saturated rings. The average molecular weight is 387 g/mol. The Morgan fingerprint density at radius 2 is 1.82 bits per heavy atom. The Bertz CT molecular complexity index is 912. The van der Waals surface area contributed by atoms with Crippen molar-refractivity contribution in [2.45, 2.75) is 40.7 Å². The van der Waals surface area contributed by atoms with Gasteiger partial charge in [-0.3, -0.25) is 9.59 Å². The van der Waals surface area contributed by atoms with Crippen molar-refractivity contribution < 1.29 is 28.6 Å². The number of H-pyrrole nitrogens is 1. The van der Waals surface area contributed by atoms with Crippen molar-refractivity contribution in [3.8, 4) is 11.5 Å². The van der Waals surface area contributed by atoms with Gasteiger partial charge in [0.05, 0.1) is 25.0 Å². The van der Waals surface area contributed by atoms with Gasteiger partial charge in [-0.1, -0.05) is 0 Å². The molecule has 0 bridgehead atoms. The maximum atomic E-state index is 12.7. The molecule has 0 aliphatic heterocycles. The van der Waals surface area contributed by atoms with E-state index < -0.39 is 17.9 Å². The van der Waals surface area contributed by atoms with Crippen molar-refractivity contribution in [3.63, 3.8) is 0 Å². The third-order valence-electron chi connectivity index (χ3n) is 4.39. The van der Waals surface area contributed by atoms with Crippen molar-refractivity contribution in [2.24, 2.45) is 0 Å². The Labute approximate surface area is 164 Å². The third-order valence-corrected chi connectivity index (χ3v) is 4.39. The fraction of sp³-hybridized carbons (Fsp3) is 0.381. The Morgan fingerprint density at radius 3 is 2.36 bits per heavy atom. The van der Waals surface area contributed by atoms with Gasteiger partial charge in [-0.15, -0.1) is 0 Å². The van der Waals surface area contributed by atoms with Crippen LogP contribution in [0.5, 0.6) is 11.5 Å². The molecule has 0 amide bonds. The van der Waals surface area contributed by atoms with Gasteiger partial charge in [-0.05, 0) is 58.4 Å². The summed E-state index contributed by atoms with van der Waals surface area (Å²) in [6, 6.07) is 4.66. The Kier molecular flexibility index (Phi) is 6.62. The van der Waals surface area contributed by atoms with Crippen molar-refractivity contribution in [1.82, 2.24) is 4.98 Å². The van der Waals surface area contributed by atoms with Gasteiger partial charge in [0.2, 0.25) is 5.78 Å². The summed E-state index contributed by atoms with van der Waals surface area (Å²) < 4.78 is 16.0. The lowest BCUT2D eigenvalue weighted by Gasteiger charge is -2.14. The van der Waals surface area contributed by atoms with Gasteiger partial charge in [0, 0.05) is 11.3 Å². The quantitative estimate of drug-likeness (QED) is 0.549. The molecule has 1 heterocycles. The Morgan fingerprint density at radius 1 is 1.14 bits per heavy atom. The molecule has 1 atom stereocenters. The first-order valence-electron chi connectivity index (χ1n) is 8.97. The predicted molar refractivity (Wildman–Crippen MR) is 104 cm³/mol. The molecule has 7 heteroatoms. The fourth-order valence-electron chi connectivity index (χ4n) is 3.08. The molecular weight excluding hydrogens is 362 g/mol. The molecule has 0 saturated carbocycles. The Balaban J connectivity index is 2.19. The van der Waals surface area contributed by atoms with E-state index in [4.69, 9.17) is 14.2 Å². The standard InChI is InChI=1S/C21H25NO6/c1-7-27-16-9-8-15(10-17(16)26-6)21(25)28-14(5)20(24)19-11(2)18(13(4)23)12(3)22-19/h8-10,14,22H,7H2,1-6H3/t14-/m1/s1. The van der Waals surface area contributed by atoms with Gasteiger partial charge in [0.15, 0.2) is 23.4 Å². The molecule has 2 rings (SSSR count). The zero-order chi connectivity index (χ0) is 21.0. The van der Waals surface area contributed by atoms with Crippen LogP contribution in [0.2, 0.25) is 0 Å². The molecule has 0 aliphatic carbocycles. The summed E-state index contributed by atoms with van der Waals surface area (Å²) in [4.78, 5) is 39.9. The fourth-order valence-corrected chi connectivity index (χ4v) is 3.08. The van der Waals surface area contributed by atoms with Crippen LogP contribution >= 0.6 is 0 Å². The van der Waals surface area contributed by atoms with Crippen molar-refractivity contribution in [3.05, 3.63) is 46.3 Å². The van der Waals surface area contributed by atoms with Crippen LogP contribution in [0.1, 0.15) is 63.2 Å². The van der Waals surface area contributed by atoms with Gasteiger partial charge in [-0.25, -0.2) is 4.79 Å². The number of esters is 1. The van der Waals surface area contributed by atoms with Crippen LogP contribution in [-0.2, 0) is 4.74 Å². The van der Waals surface area contributed by atoms with Gasteiger partial charge in [0.25, 0.3) is 0 Å². The summed E-state index contributed by atoms with van der Waals surface area (Å²) in [5.74, 6) is -0.275. The number of hydrogen-bond donors (Lipinski definition) is 1. The molecule has 0 aliphatic rings. The van der Waals surface area contributed by atoms with Crippen molar-refractivity contribution in [2.75, 3.05) is 13.7 Å². The molecule has 1 N–H and O–H groups in total. The second-order valence-electron chi connectivity index (χ2n) is 6.39. The molecule has 2 aromatic rings. The zero-order valence-electron chi connectivity index (χ0n) is 17.0. The average Bonchev–Trinajstić information content (AvgIpc) is 2.95. The number of methoxy groups -OCH3 is 1. The number of nitrogens with one attached hydrogen (secondary N) is 1. The van der Waals surface area contributed by atoms with E-state index in [1.54, 1.807) is 26.0 Å². The lowest BCUT2D eigenvalue weighted by Crippen LogP contribution is -2.25. The van der Waals surface area contributed by atoms with E-state index in [1.165, 1.54) is 27.0 Å². The smallest absolute Gasteiger partial charge is 0.338 e. The maximum Gasteiger partial charge on any atom is 0.338 e. The summed E-state index contributed by atoms with van der Waals surface area (Å²) in [6.45, 7) is 8.66. The van der Waals surface area contributed by atoms with E-state index in [2.05, 4.69) is 4.98 Å². The number of ketones is 2. The summed E-state index contributed by atoms with van der Waals surface area (Å²) in [6.07, 6.45) is -1.03. The molecule has 28 heavy (non-hydrogen) atoms.